The molecule has 1 N–H and O–H groups in total. The van der Waals surface area contributed by atoms with E-state index in [2.05, 4.69) is 64.0 Å². The number of carbonyl (C=O) groups is 1. The summed E-state index contributed by atoms with van der Waals surface area (Å²) in [5.41, 5.74) is 3.22. The molecule has 3 nitrogen and oxygen atoms in total. The fourth-order valence-electron chi connectivity index (χ4n) is 3.31. The van der Waals surface area contributed by atoms with Crippen molar-refractivity contribution in [3.63, 3.8) is 0 Å². The maximum atomic E-state index is 12.3. The SMILES string of the molecule is CC1CCCCN1Cc1ccc(CNC(=O)c2ccccc2I)cc1. The van der Waals surface area contributed by atoms with Crippen LogP contribution < -0.4 is 5.32 Å². The summed E-state index contributed by atoms with van der Waals surface area (Å²) in [5, 5.41) is 3.01. The minimum absolute atomic E-state index is 0.0174. The summed E-state index contributed by atoms with van der Waals surface area (Å²) < 4.78 is 0.976. The minimum atomic E-state index is -0.0174. The van der Waals surface area contributed by atoms with Crippen LogP contribution in [0.2, 0.25) is 0 Å². The molecule has 0 aromatic heterocycles. The zero-order chi connectivity index (χ0) is 17.6. The second kappa shape index (κ2) is 8.81. The monoisotopic (exact) mass is 448 g/mol. The molecule has 1 saturated heterocycles. The highest BCUT2D eigenvalue weighted by Crippen LogP contribution is 2.19. The smallest absolute Gasteiger partial charge is 0.252 e. The van der Waals surface area contributed by atoms with E-state index >= 15 is 0 Å². The van der Waals surface area contributed by atoms with Crippen LogP contribution in [0.3, 0.4) is 0 Å². The topological polar surface area (TPSA) is 32.3 Å². The standard InChI is InChI=1S/C21H25IN2O/c1-16-6-4-5-13-24(16)15-18-11-9-17(10-12-18)14-23-21(25)19-7-2-3-8-20(19)22/h2-3,7-12,16H,4-6,13-15H2,1H3,(H,23,25). The van der Waals surface area contributed by atoms with Gasteiger partial charge in [-0.2, -0.15) is 0 Å². The van der Waals surface area contributed by atoms with E-state index in [0.29, 0.717) is 12.6 Å². The van der Waals surface area contributed by atoms with Gasteiger partial charge in [0.2, 0.25) is 0 Å². The van der Waals surface area contributed by atoms with Gasteiger partial charge in [-0.05, 0) is 72.2 Å². The van der Waals surface area contributed by atoms with Gasteiger partial charge in [-0.25, -0.2) is 0 Å². The lowest BCUT2D eigenvalue weighted by Crippen LogP contribution is -2.36. The first kappa shape index (κ1) is 18.4. The molecule has 1 atom stereocenters. The third-order valence-electron chi connectivity index (χ3n) is 4.92. The minimum Gasteiger partial charge on any atom is -0.348 e. The van der Waals surface area contributed by atoms with Crippen molar-refractivity contribution in [1.82, 2.24) is 10.2 Å². The van der Waals surface area contributed by atoms with Crippen molar-refractivity contribution >= 4 is 28.5 Å². The van der Waals surface area contributed by atoms with E-state index in [-0.39, 0.29) is 5.91 Å². The lowest BCUT2D eigenvalue weighted by atomic mass is 10.0. The Hall–Kier alpha value is -1.40. The number of piperidine rings is 1. The van der Waals surface area contributed by atoms with Crippen LogP contribution in [0, 0.1) is 3.57 Å². The molecule has 1 aliphatic rings. The zero-order valence-corrected chi connectivity index (χ0v) is 16.8. The summed E-state index contributed by atoms with van der Waals surface area (Å²) in [7, 11) is 0. The number of carbonyl (C=O) groups excluding carboxylic acids is 1. The fraction of sp³-hybridized carbons (Fsp3) is 0.381. The van der Waals surface area contributed by atoms with Crippen LogP contribution in [-0.2, 0) is 13.1 Å². The predicted molar refractivity (Wildman–Crippen MR) is 110 cm³/mol. The lowest BCUT2D eigenvalue weighted by Gasteiger charge is -2.33. The van der Waals surface area contributed by atoms with Crippen LogP contribution >= 0.6 is 22.6 Å². The van der Waals surface area contributed by atoms with Crippen molar-refractivity contribution in [1.29, 1.82) is 0 Å². The second-order valence-corrected chi connectivity index (χ2v) is 7.96. The molecule has 0 saturated carbocycles. The number of rotatable bonds is 5. The van der Waals surface area contributed by atoms with E-state index in [0.717, 1.165) is 21.2 Å². The van der Waals surface area contributed by atoms with Crippen LogP contribution in [0.25, 0.3) is 0 Å². The third kappa shape index (κ3) is 5.05. The largest absolute Gasteiger partial charge is 0.348 e. The molecular weight excluding hydrogens is 423 g/mol. The van der Waals surface area contributed by atoms with Gasteiger partial charge in [0.15, 0.2) is 0 Å². The van der Waals surface area contributed by atoms with E-state index in [9.17, 15) is 4.79 Å². The summed E-state index contributed by atoms with van der Waals surface area (Å²) >= 11 is 2.20. The number of amides is 1. The molecule has 0 aliphatic carbocycles. The average Bonchev–Trinajstić information content (AvgIpc) is 2.63. The molecule has 1 unspecified atom stereocenters. The maximum absolute atomic E-state index is 12.3. The Morgan fingerprint density at radius 2 is 1.84 bits per heavy atom. The number of nitrogens with zero attached hydrogens (tertiary/aromatic N) is 1. The summed E-state index contributed by atoms with van der Waals surface area (Å²) in [4.78, 5) is 14.8. The summed E-state index contributed by atoms with van der Waals surface area (Å²) in [5.74, 6) is -0.0174. The number of hydrogen-bond acceptors (Lipinski definition) is 2. The van der Waals surface area contributed by atoms with Gasteiger partial charge in [0.05, 0.1) is 5.56 Å². The molecule has 1 fully saturated rings. The summed E-state index contributed by atoms with van der Waals surface area (Å²) in [6.45, 7) is 5.11. The van der Waals surface area contributed by atoms with Gasteiger partial charge in [-0.3, -0.25) is 9.69 Å². The molecule has 0 spiro atoms. The molecule has 2 aromatic carbocycles. The number of hydrogen-bond donors (Lipinski definition) is 1. The number of halogens is 1. The van der Waals surface area contributed by atoms with Crippen molar-refractivity contribution in [2.75, 3.05) is 6.54 Å². The number of nitrogens with one attached hydrogen (secondary N) is 1. The Morgan fingerprint density at radius 3 is 2.56 bits per heavy atom. The van der Waals surface area contributed by atoms with E-state index in [1.165, 1.54) is 31.4 Å². The molecule has 1 amide bonds. The third-order valence-corrected chi connectivity index (χ3v) is 5.86. The maximum Gasteiger partial charge on any atom is 0.252 e. The van der Waals surface area contributed by atoms with Crippen molar-refractivity contribution in [3.05, 3.63) is 68.8 Å². The van der Waals surface area contributed by atoms with Crippen LogP contribution in [0.4, 0.5) is 0 Å². The van der Waals surface area contributed by atoms with Crippen LogP contribution in [0.1, 0.15) is 47.7 Å². The molecule has 25 heavy (non-hydrogen) atoms. The van der Waals surface area contributed by atoms with Crippen LogP contribution in [-0.4, -0.2) is 23.4 Å². The van der Waals surface area contributed by atoms with Crippen LogP contribution in [0.5, 0.6) is 0 Å². The Kier molecular flexibility index (Phi) is 6.48. The van der Waals surface area contributed by atoms with Gasteiger partial charge in [-0.15, -0.1) is 0 Å². The van der Waals surface area contributed by atoms with Gasteiger partial charge in [-0.1, -0.05) is 42.8 Å². The van der Waals surface area contributed by atoms with E-state index in [1.54, 1.807) is 0 Å². The average molecular weight is 448 g/mol. The highest BCUT2D eigenvalue weighted by molar-refractivity contribution is 14.1. The molecule has 1 heterocycles. The molecule has 3 rings (SSSR count). The molecular formula is C21H25IN2O. The van der Waals surface area contributed by atoms with Crippen molar-refractivity contribution in [2.45, 2.75) is 45.3 Å². The zero-order valence-electron chi connectivity index (χ0n) is 14.7. The first-order chi connectivity index (χ1) is 12.1. The molecule has 0 radical (unpaired) electrons. The number of benzene rings is 2. The first-order valence-corrected chi connectivity index (χ1v) is 10.1. The van der Waals surface area contributed by atoms with E-state index in [1.807, 2.05) is 24.3 Å². The van der Waals surface area contributed by atoms with Gasteiger partial charge >= 0.3 is 0 Å². The molecule has 132 valence electrons. The quantitative estimate of drug-likeness (QED) is 0.679. The highest BCUT2D eigenvalue weighted by Gasteiger charge is 2.18. The van der Waals surface area contributed by atoms with Crippen molar-refractivity contribution in [3.8, 4) is 0 Å². The highest BCUT2D eigenvalue weighted by atomic mass is 127. The van der Waals surface area contributed by atoms with E-state index < -0.39 is 0 Å². The van der Waals surface area contributed by atoms with E-state index in [4.69, 9.17) is 0 Å². The lowest BCUT2D eigenvalue weighted by molar-refractivity contribution is 0.0950. The Labute approximate surface area is 164 Å². The molecule has 2 aromatic rings. The normalized spacial score (nSPS) is 18.1. The summed E-state index contributed by atoms with van der Waals surface area (Å²) in [6.07, 6.45) is 3.98. The molecule has 1 aliphatic heterocycles. The van der Waals surface area contributed by atoms with Crippen molar-refractivity contribution in [2.24, 2.45) is 0 Å². The molecule has 0 bridgehead atoms. The Morgan fingerprint density at radius 1 is 1.12 bits per heavy atom. The predicted octanol–water partition coefficient (Wildman–Crippen LogP) is 4.60. The fourth-order valence-corrected chi connectivity index (χ4v) is 3.94. The van der Waals surface area contributed by atoms with Gasteiger partial charge in [0.25, 0.3) is 5.91 Å². The first-order valence-electron chi connectivity index (χ1n) is 8.98. The second-order valence-electron chi connectivity index (χ2n) is 6.79. The number of likely N-dealkylation sites (tertiary alicyclic amines) is 1. The van der Waals surface area contributed by atoms with Gasteiger partial charge < -0.3 is 5.32 Å². The molecule has 4 heteroatoms. The van der Waals surface area contributed by atoms with Gasteiger partial charge in [0.1, 0.15) is 0 Å². The summed E-state index contributed by atoms with van der Waals surface area (Å²) in [6, 6.07) is 17.0. The Bertz CT molecular complexity index is 714. The van der Waals surface area contributed by atoms with Crippen LogP contribution in [0.15, 0.2) is 48.5 Å². The Balaban J connectivity index is 1.54. The van der Waals surface area contributed by atoms with Crippen molar-refractivity contribution < 1.29 is 4.79 Å². The van der Waals surface area contributed by atoms with Gasteiger partial charge in [0, 0.05) is 22.7 Å².